The van der Waals surface area contributed by atoms with E-state index in [1.165, 1.54) is 55.3 Å². The minimum absolute atomic E-state index is 0.00895. The molecule has 3 aliphatic rings. The number of methoxy groups -OCH3 is 6. The molecule has 34 heteroatoms. The lowest BCUT2D eigenvalue weighted by Gasteiger charge is -2.37. The van der Waals surface area contributed by atoms with E-state index >= 15 is 0 Å². The standard InChI is InChI=1S/C40H60N4O7S.C38H58N4O6S.C37H56N4O6S/c1-10-26(4)29(22-35(46)32-18-14-15-19-43(32)6)39(48)44(7)33(25(2)3)23-36(50-8)38-42-31(24-52-38)37(47)41-30(21-28-16-12-11-13-17-28)34(45)20-27(5)40(49)51-9;1-9-26(4)29(22-33(43)31-17-13-14-20-41(31)5)38(46)42(6)32(25(2)3)23-34(47-7)37-40-30(24-49-37)36(45)39-28(18-19-35(44)48-8)21-27-15-11-10-12-16-27;1-9-25(4)28(21-32(42)30-17-13-14-18-40(30)5)37(45)41(6)31(24(2)3)22-33(46-7)36-39-29(23-48-36)35(44)38-27(20-34(43)47-8)19-26-15-11-10-12-16-26/h11-13,16-17,24-27,29-30,32-33,36H,10,14-15,18-23H2,1-9H3,(H,41,47);10-12,15-16,24-26,28-29,31-32,34H,9,13-14,17-23H2,1-8H3,(H,39,45);10-12,15-16,23-25,27-28,30-31,33H,9,13-14,17-22H2,1-8H3,(H,38,44)/t26-,27+,29-,30-,32+,33+,36+;26-,28+,29-,31+,32+,34+;25-,27-,28-,30+,31+,33+/m000/s1. The molecular weight excluding hydrogens is 1950 g/mol. The topological polar surface area (TPSA) is 371 Å². The smallest absolute Gasteiger partial charge is 0.308 e. The highest BCUT2D eigenvalue weighted by molar-refractivity contribution is 7.10. The molecule has 3 aromatic carbocycles. The molecule has 826 valence electrons. The summed E-state index contributed by atoms with van der Waals surface area (Å²) in [5, 5.41) is 15.8. The minimum Gasteiger partial charge on any atom is -0.469 e. The predicted molar refractivity (Wildman–Crippen MR) is 585 cm³/mol. The van der Waals surface area contributed by atoms with E-state index in [2.05, 4.69) is 129 Å². The maximum Gasteiger partial charge on any atom is 0.308 e. The van der Waals surface area contributed by atoms with Gasteiger partial charge in [-0.1, -0.05) is 220 Å². The SMILES string of the molecule is CC[C@H](C)[C@H](CC(=O)[C@H]1CCCCN1C)C(=O)N(C)[C@H](C[C@@H](OC)c1nc(C(=O)N[C@@H](Cc2ccccc2)C(=O)C[C@@H](C)C(=O)OC)cs1)C(C)C.CC[C@H](C)[C@H](CC(=O)[C@H]1CCCCN1C)C(=O)N(C)[C@H](C[C@@H](OC)c1nc(C(=O)N[C@H](CC(=O)OC)Cc2ccccc2)cs1)C(C)C.CC[C@H](C)[C@H](CC(=O)[C@H]1CCCCN1C)C(=O)N(C)[C@H](C[C@@H](OC)c1nc(C(=O)N[C@H](CCC(=O)OC)Cc2ccccc2)cs1)C(C)C. The second-order valence-corrected chi connectivity index (χ2v) is 44.9. The van der Waals surface area contributed by atoms with Crippen LogP contribution >= 0.6 is 34.0 Å². The maximum atomic E-state index is 14.2. The molecule has 0 aliphatic carbocycles. The zero-order valence-electron chi connectivity index (χ0n) is 93.4. The Kier molecular flexibility index (Phi) is 54.4. The second-order valence-electron chi connectivity index (χ2n) is 42.3. The molecule has 0 saturated carbocycles. The van der Waals surface area contributed by atoms with Crippen LogP contribution in [0.5, 0.6) is 0 Å². The lowest BCUT2D eigenvalue weighted by atomic mass is 9.83. The number of nitrogens with zero attached hydrogens (tertiary/aromatic N) is 9. The highest BCUT2D eigenvalue weighted by atomic mass is 32.1. The first kappa shape index (κ1) is 126. The van der Waals surface area contributed by atoms with Crippen LogP contribution in [0.1, 0.15) is 313 Å². The third kappa shape index (κ3) is 38.8. The zero-order valence-corrected chi connectivity index (χ0v) is 95.8. The van der Waals surface area contributed by atoms with Gasteiger partial charge in [0.25, 0.3) is 17.7 Å². The molecule has 0 radical (unpaired) electrons. The Bertz CT molecular complexity index is 5160. The van der Waals surface area contributed by atoms with Crippen LogP contribution in [0.4, 0.5) is 0 Å². The summed E-state index contributed by atoms with van der Waals surface area (Å²) in [6.07, 6.45) is 14.0. The first-order valence-electron chi connectivity index (χ1n) is 53.7. The highest BCUT2D eigenvalue weighted by Crippen LogP contribution is 2.39. The molecule has 6 heterocycles. The average molecular weight is 2120 g/mol. The van der Waals surface area contributed by atoms with Crippen LogP contribution in [0.25, 0.3) is 0 Å². The molecule has 3 fully saturated rings. The van der Waals surface area contributed by atoms with Crippen molar-refractivity contribution in [3.05, 3.63) is 156 Å². The van der Waals surface area contributed by atoms with E-state index in [-0.39, 0.29) is 198 Å². The van der Waals surface area contributed by atoms with Gasteiger partial charge in [0, 0.05) is 158 Å². The molecule has 3 saturated heterocycles. The fourth-order valence-corrected chi connectivity index (χ4v) is 23.1. The molecule has 9 rings (SSSR count). The molecular formula is C115H174N12O19S3. The Morgan fingerprint density at radius 1 is 0.389 bits per heavy atom. The minimum atomic E-state index is -0.876. The molecule has 0 bridgehead atoms. The summed E-state index contributed by atoms with van der Waals surface area (Å²) in [6.45, 7) is 29.2. The van der Waals surface area contributed by atoms with E-state index in [9.17, 15) is 62.3 Å². The van der Waals surface area contributed by atoms with Gasteiger partial charge in [-0.25, -0.2) is 15.0 Å². The Balaban J connectivity index is 0.000000303. The van der Waals surface area contributed by atoms with Crippen LogP contribution in [-0.2, 0) is 95.6 Å². The monoisotopic (exact) mass is 2120 g/mol. The number of piperidine rings is 3. The molecule has 3 aliphatic heterocycles. The van der Waals surface area contributed by atoms with E-state index in [1.807, 2.05) is 143 Å². The number of amides is 6. The van der Waals surface area contributed by atoms with Gasteiger partial charge in [-0.15, -0.1) is 34.0 Å². The van der Waals surface area contributed by atoms with Crippen LogP contribution in [0.2, 0.25) is 0 Å². The molecule has 31 nitrogen and oxygen atoms in total. The van der Waals surface area contributed by atoms with E-state index in [0.29, 0.717) is 53.5 Å². The quantitative estimate of drug-likeness (QED) is 0.0236. The molecule has 149 heavy (non-hydrogen) atoms. The molecule has 3 aromatic heterocycles. The van der Waals surface area contributed by atoms with Crippen molar-refractivity contribution in [2.45, 2.75) is 323 Å². The third-order valence-corrected chi connectivity index (χ3v) is 33.6. The number of hydrogen-bond acceptors (Lipinski definition) is 28. The number of Topliss-reactive ketones (excluding diaryl/α,β-unsaturated/α-hetero) is 4. The van der Waals surface area contributed by atoms with Gasteiger partial charge in [-0.2, -0.15) is 0 Å². The summed E-state index contributed by atoms with van der Waals surface area (Å²) < 4.78 is 32.2. The van der Waals surface area contributed by atoms with Gasteiger partial charge in [0.05, 0.1) is 57.8 Å². The predicted octanol–water partition coefficient (Wildman–Crippen LogP) is 17.7. The number of esters is 3. The number of thiazole rings is 3. The zero-order chi connectivity index (χ0) is 110. The van der Waals surface area contributed by atoms with Crippen molar-refractivity contribution in [2.75, 3.05) is 105 Å². The Hall–Kier alpha value is -9.78. The van der Waals surface area contributed by atoms with Gasteiger partial charge in [-0.3, -0.25) is 77.0 Å². The van der Waals surface area contributed by atoms with Gasteiger partial charge in [0.2, 0.25) is 17.7 Å². The van der Waals surface area contributed by atoms with Gasteiger partial charge in [0.15, 0.2) is 23.1 Å². The van der Waals surface area contributed by atoms with E-state index < -0.39 is 71.9 Å². The third-order valence-electron chi connectivity index (χ3n) is 30.8. The van der Waals surface area contributed by atoms with Crippen molar-refractivity contribution in [1.29, 1.82) is 0 Å². The maximum absolute atomic E-state index is 14.2. The summed E-state index contributed by atoms with van der Waals surface area (Å²) in [5.74, 6) is -3.70. The van der Waals surface area contributed by atoms with Crippen molar-refractivity contribution in [3.63, 3.8) is 0 Å². The first-order chi connectivity index (χ1) is 71.0. The molecule has 6 aromatic rings. The van der Waals surface area contributed by atoms with Crippen molar-refractivity contribution in [3.8, 4) is 0 Å². The molecule has 0 spiro atoms. The van der Waals surface area contributed by atoms with Crippen molar-refractivity contribution in [2.24, 2.45) is 59.2 Å². The number of likely N-dealkylation sites (tertiary alicyclic amines) is 3. The summed E-state index contributed by atoms with van der Waals surface area (Å²) in [4.78, 5) is 198. The van der Waals surface area contributed by atoms with Gasteiger partial charge in [-0.05, 0) is 157 Å². The van der Waals surface area contributed by atoms with Crippen LogP contribution < -0.4 is 16.0 Å². The number of hydrogen-bond donors (Lipinski definition) is 3. The summed E-state index contributed by atoms with van der Waals surface area (Å²) in [5.41, 5.74) is 3.59. The summed E-state index contributed by atoms with van der Waals surface area (Å²) in [6, 6.07) is 26.3. The first-order valence-corrected chi connectivity index (χ1v) is 56.4. The number of carbonyl (C=O) groups is 13. The van der Waals surface area contributed by atoms with Gasteiger partial charge in [0.1, 0.15) is 50.4 Å². The fraction of sp³-hybridized carbons (Fsp3) is 0.652. The highest BCUT2D eigenvalue weighted by Gasteiger charge is 2.43. The molecule has 0 unspecified atom stereocenters. The number of ketones is 4. The lowest BCUT2D eigenvalue weighted by Crippen LogP contribution is -2.48. The van der Waals surface area contributed by atoms with E-state index in [0.717, 1.165) is 113 Å². The Morgan fingerprint density at radius 2 is 0.698 bits per heavy atom. The Morgan fingerprint density at radius 3 is 0.993 bits per heavy atom. The van der Waals surface area contributed by atoms with Crippen molar-refractivity contribution in [1.82, 2.24) is 60.3 Å². The van der Waals surface area contributed by atoms with Crippen LogP contribution in [0.15, 0.2) is 107 Å². The lowest BCUT2D eigenvalue weighted by molar-refractivity contribution is -0.146. The number of benzene rings is 3. The summed E-state index contributed by atoms with van der Waals surface area (Å²) in [7, 11) is 20.3. The number of rotatable bonds is 57. The number of aromatic nitrogens is 3. The number of carbonyl (C=O) groups excluding carboxylic acids is 13. The van der Waals surface area contributed by atoms with Crippen LogP contribution in [0.3, 0.4) is 0 Å². The largest absolute Gasteiger partial charge is 0.469 e. The number of likely N-dealkylation sites (N-methyl/N-ethyl adjacent to an activating group) is 3. The molecule has 3 N–H and O–H groups in total. The number of ether oxygens (including phenoxy) is 6. The van der Waals surface area contributed by atoms with E-state index in [4.69, 9.17) is 28.4 Å². The van der Waals surface area contributed by atoms with Gasteiger partial charge < -0.3 is 59.1 Å². The van der Waals surface area contributed by atoms with Crippen LogP contribution in [-0.4, -0.2) is 280 Å². The van der Waals surface area contributed by atoms with Crippen molar-refractivity contribution >= 4 is 110 Å². The number of nitrogens with one attached hydrogen (secondary N) is 3. The summed E-state index contributed by atoms with van der Waals surface area (Å²) >= 11 is 3.97. The van der Waals surface area contributed by atoms with Crippen LogP contribution in [0, 0.1) is 59.2 Å². The average Bonchev–Trinajstić information content (AvgIpc) is 1.16. The normalized spacial score (nSPS) is 18.4. The van der Waals surface area contributed by atoms with Crippen molar-refractivity contribution < 1.29 is 90.8 Å². The fourth-order valence-electron chi connectivity index (χ4n) is 20.5. The Labute approximate surface area is 898 Å². The molecule has 6 amide bonds. The molecule has 19 atom stereocenters. The van der Waals surface area contributed by atoms with E-state index in [1.54, 1.807) is 49.3 Å². The second kappa shape index (κ2) is 64.3. The van der Waals surface area contributed by atoms with Gasteiger partial charge >= 0.3 is 17.9 Å².